The third kappa shape index (κ3) is 7.34. The highest BCUT2D eigenvalue weighted by Gasteiger charge is 2.23. The van der Waals surface area contributed by atoms with Crippen LogP contribution in [0, 0.1) is 12.7 Å². The summed E-state index contributed by atoms with van der Waals surface area (Å²) in [6.45, 7) is 8.06. The topological polar surface area (TPSA) is 85.0 Å². The third-order valence-electron chi connectivity index (χ3n) is 6.66. The number of carbonyl (C=O) groups is 3. The molecule has 3 aromatic carbocycles. The van der Waals surface area contributed by atoms with Crippen LogP contribution in [0.3, 0.4) is 0 Å². The lowest BCUT2D eigenvalue weighted by Gasteiger charge is -2.36. The number of carbonyl (C=O) groups excluding carboxylic acids is 3. The number of anilines is 3. The van der Waals surface area contributed by atoms with Crippen molar-refractivity contribution in [3.63, 3.8) is 0 Å². The zero-order valence-electron chi connectivity index (χ0n) is 22.5. The van der Waals surface area contributed by atoms with Gasteiger partial charge in [-0.1, -0.05) is 23.8 Å². The molecule has 0 radical (unpaired) electrons. The molecular formula is C30H34FN5O3. The molecule has 4 amide bonds. The second-order valence-corrected chi connectivity index (χ2v) is 9.90. The van der Waals surface area contributed by atoms with Gasteiger partial charge < -0.3 is 25.3 Å². The van der Waals surface area contributed by atoms with E-state index in [2.05, 4.69) is 15.5 Å². The van der Waals surface area contributed by atoms with Crippen LogP contribution in [0.4, 0.5) is 26.2 Å². The Morgan fingerprint density at radius 3 is 2.10 bits per heavy atom. The molecule has 0 unspecified atom stereocenters. The fourth-order valence-corrected chi connectivity index (χ4v) is 4.39. The maximum atomic E-state index is 13.6. The van der Waals surface area contributed by atoms with Crippen LogP contribution in [0.25, 0.3) is 0 Å². The maximum absolute atomic E-state index is 13.6. The highest BCUT2D eigenvalue weighted by molar-refractivity contribution is 5.99. The van der Waals surface area contributed by atoms with Crippen LogP contribution in [0.15, 0.2) is 72.8 Å². The van der Waals surface area contributed by atoms with Gasteiger partial charge >= 0.3 is 6.03 Å². The number of hydrogen-bond donors (Lipinski definition) is 2. The number of aryl methyl sites for hydroxylation is 1. The molecular weight excluding hydrogens is 497 g/mol. The van der Waals surface area contributed by atoms with Crippen molar-refractivity contribution < 1.29 is 18.8 Å². The summed E-state index contributed by atoms with van der Waals surface area (Å²) in [5, 5.41) is 5.78. The van der Waals surface area contributed by atoms with Gasteiger partial charge in [-0.3, -0.25) is 9.59 Å². The van der Waals surface area contributed by atoms with Crippen molar-refractivity contribution in [2.24, 2.45) is 0 Å². The molecule has 204 valence electrons. The zero-order chi connectivity index (χ0) is 27.9. The number of benzene rings is 3. The van der Waals surface area contributed by atoms with Crippen LogP contribution in [-0.4, -0.2) is 66.4 Å². The Balaban J connectivity index is 1.28. The summed E-state index contributed by atoms with van der Waals surface area (Å²) in [5.41, 5.74) is 3.73. The molecule has 8 nitrogen and oxygen atoms in total. The fraction of sp³-hybridized carbons (Fsp3) is 0.300. The third-order valence-corrected chi connectivity index (χ3v) is 6.66. The Morgan fingerprint density at radius 1 is 0.872 bits per heavy atom. The smallest absolute Gasteiger partial charge is 0.321 e. The molecule has 9 heteroatoms. The van der Waals surface area contributed by atoms with E-state index >= 15 is 0 Å². The highest BCUT2D eigenvalue weighted by Crippen LogP contribution is 2.20. The number of piperazine rings is 1. The number of halogens is 1. The minimum Gasteiger partial charge on any atom is -0.368 e. The quantitative estimate of drug-likeness (QED) is 0.451. The summed E-state index contributed by atoms with van der Waals surface area (Å²) in [6.07, 6.45) is 0. The van der Waals surface area contributed by atoms with Crippen molar-refractivity contribution in [2.75, 3.05) is 48.3 Å². The summed E-state index contributed by atoms with van der Waals surface area (Å²) in [7, 11) is 0. The second-order valence-electron chi connectivity index (χ2n) is 9.90. The summed E-state index contributed by atoms with van der Waals surface area (Å²) in [4.78, 5) is 43.6. The first-order valence-electron chi connectivity index (χ1n) is 13.0. The predicted octanol–water partition coefficient (Wildman–Crippen LogP) is 4.98. The van der Waals surface area contributed by atoms with Crippen LogP contribution in [0.1, 0.15) is 29.8 Å². The van der Waals surface area contributed by atoms with E-state index in [4.69, 9.17) is 0 Å². The lowest BCUT2D eigenvalue weighted by molar-refractivity contribution is -0.117. The SMILES string of the molecule is Cc1ccc(NC(=O)N2CCN(c3ccc(NC(=O)CN(C(=O)c4cccc(F)c4)C(C)C)cc3)CC2)cc1. The molecule has 0 atom stereocenters. The van der Waals surface area contributed by atoms with Crippen LogP contribution >= 0.6 is 0 Å². The largest absolute Gasteiger partial charge is 0.368 e. The van der Waals surface area contributed by atoms with Crippen LogP contribution in [-0.2, 0) is 4.79 Å². The predicted molar refractivity (Wildman–Crippen MR) is 152 cm³/mol. The van der Waals surface area contributed by atoms with Gasteiger partial charge in [-0.05, 0) is 75.4 Å². The fourth-order valence-electron chi connectivity index (χ4n) is 4.39. The average Bonchev–Trinajstić information content (AvgIpc) is 2.93. The van der Waals surface area contributed by atoms with Crippen molar-refractivity contribution >= 4 is 34.9 Å². The standard InChI is InChI=1S/C30H34FN5O3/c1-21(2)36(29(38)23-5-4-6-24(31)19-23)20-28(37)32-25-11-13-27(14-12-25)34-15-17-35(18-16-34)30(39)33-26-9-7-22(3)8-10-26/h4-14,19,21H,15-18,20H2,1-3H3,(H,32,37)(H,33,39). The molecule has 1 fully saturated rings. The van der Waals surface area contributed by atoms with E-state index in [1.165, 1.54) is 29.2 Å². The van der Waals surface area contributed by atoms with Gasteiger partial charge in [0.15, 0.2) is 0 Å². The molecule has 0 spiro atoms. The molecule has 0 saturated carbocycles. The van der Waals surface area contributed by atoms with E-state index in [0.717, 1.165) is 16.9 Å². The molecule has 0 bridgehead atoms. The van der Waals surface area contributed by atoms with Crippen molar-refractivity contribution in [1.29, 1.82) is 0 Å². The highest BCUT2D eigenvalue weighted by atomic mass is 19.1. The van der Waals surface area contributed by atoms with Crippen LogP contribution < -0.4 is 15.5 Å². The molecule has 2 N–H and O–H groups in total. The van der Waals surface area contributed by atoms with Gasteiger partial charge in [0.05, 0.1) is 0 Å². The first kappa shape index (κ1) is 27.6. The second kappa shape index (κ2) is 12.4. The molecule has 1 saturated heterocycles. The maximum Gasteiger partial charge on any atom is 0.321 e. The first-order valence-corrected chi connectivity index (χ1v) is 13.0. The molecule has 0 aliphatic carbocycles. The van der Waals surface area contributed by atoms with E-state index in [1.54, 1.807) is 4.90 Å². The number of nitrogens with zero attached hydrogens (tertiary/aromatic N) is 3. The molecule has 1 aliphatic rings. The molecule has 39 heavy (non-hydrogen) atoms. The van der Waals surface area contributed by atoms with Crippen LogP contribution in [0.2, 0.25) is 0 Å². The van der Waals surface area contributed by atoms with Gasteiger partial charge in [0.1, 0.15) is 12.4 Å². The van der Waals surface area contributed by atoms with Crippen LogP contribution in [0.5, 0.6) is 0 Å². The lowest BCUT2D eigenvalue weighted by Crippen LogP contribution is -2.50. The molecule has 3 aromatic rings. The Hall–Kier alpha value is -4.40. The zero-order valence-corrected chi connectivity index (χ0v) is 22.5. The van der Waals surface area contributed by atoms with Gasteiger partial charge in [0.25, 0.3) is 5.91 Å². The number of nitrogens with one attached hydrogen (secondary N) is 2. The van der Waals surface area contributed by atoms with Crippen molar-refractivity contribution in [1.82, 2.24) is 9.80 Å². The van der Waals surface area contributed by atoms with Gasteiger partial charge in [-0.2, -0.15) is 0 Å². The van der Waals surface area contributed by atoms with Gasteiger partial charge in [-0.15, -0.1) is 0 Å². The number of rotatable bonds is 7. The van der Waals surface area contributed by atoms with Crippen molar-refractivity contribution in [3.8, 4) is 0 Å². The number of hydrogen-bond acceptors (Lipinski definition) is 4. The first-order chi connectivity index (χ1) is 18.7. The van der Waals surface area contributed by atoms with E-state index < -0.39 is 11.7 Å². The minimum absolute atomic E-state index is 0.108. The van der Waals surface area contributed by atoms with Gasteiger partial charge in [0, 0.05) is 54.8 Å². The Labute approximate surface area is 228 Å². The average molecular weight is 532 g/mol. The summed E-state index contributed by atoms with van der Waals surface area (Å²) in [5.74, 6) is -1.24. The van der Waals surface area contributed by atoms with Gasteiger partial charge in [-0.25, -0.2) is 9.18 Å². The summed E-state index contributed by atoms with van der Waals surface area (Å²) >= 11 is 0. The van der Waals surface area contributed by atoms with Crippen molar-refractivity contribution in [2.45, 2.75) is 26.8 Å². The van der Waals surface area contributed by atoms with E-state index in [1.807, 2.05) is 69.3 Å². The number of urea groups is 1. The van der Waals surface area contributed by atoms with Gasteiger partial charge in [0.2, 0.25) is 5.91 Å². The minimum atomic E-state index is -0.499. The molecule has 1 heterocycles. The Kier molecular flexibility index (Phi) is 8.81. The number of amides is 4. The monoisotopic (exact) mass is 531 g/mol. The molecule has 0 aromatic heterocycles. The van der Waals surface area contributed by atoms with E-state index in [-0.39, 0.29) is 30.1 Å². The summed E-state index contributed by atoms with van der Waals surface area (Å²) < 4.78 is 13.6. The Morgan fingerprint density at radius 2 is 1.49 bits per heavy atom. The Bertz CT molecular complexity index is 1300. The molecule has 1 aliphatic heterocycles. The normalized spacial score (nSPS) is 13.3. The lowest BCUT2D eigenvalue weighted by atomic mass is 10.1. The van der Waals surface area contributed by atoms with E-state index in [0.29, 0.717) is 31.9 Å². The van der Waals surface area contributed by atoms with Crippen molar-refractivity contribution in [3.05, 3.63) is 89.7 Å². The van der Waals surface area contributed by atoms with E-state index in [9.17, 15) is 18.8 Å². The summed E-state index contributed by atoms with van der Waals surface area (Å²) in [6, 6.07) is 20.3. The molecule has 4 rings (SSSR count).